The maximum absolute atomic E-state index is 11.7. The molecule has 2 rings (SSSR count). The highest BCUT2D eigenvalue weighted by Gasteiger charge is 2.28. The molecule has 0 aliphatic carbocycles. The molecule has 1 aromatic carbocycles. The van der Waals surface area contributed by atoms with Crippen LogP contribution in [-0.4, -0.2) is 37.1 Å². The molecule has 0 amide bonds. The molecule has 5 nitrogen and oxygen atoms in total. The van der Waals surface area contributed by atoms with E-state index in [1.165, 1.54) is 0 Å². The van der Waals surface area contributed by atoms with E-state index in [-0.39, 0.29) is 18.1 Å². The van der Waals surface area contributed by atoms with Gasteiger partial charge in [0.15, 0.2) is 5.79 Å². The lowest BCUT2D eigenvalue weighted by atomic mass is 10.2. The van der Waals surface area contributed by atoms with E-state index in [9.17, 15) is 4.79 Å². The molecule has 0 unspecified atom stereocenters. The predicted octanol–water partition coefficient (Wildman–Crippen LogP) is 2.82. The lowest BCUT2D eigenvalue weighted by Crippen LogP contribution is -2.45. The topological polar surface area (TPSA) is 56.8 Å². The van der Waals surface area contributed by atoms with Crippen molar-refractivity contribution in [1.29, 1.82) is 0 Å². The van der Waals surface area contributed by atoms with Gasteiger partial charge in [0.2, 0.25) is 0 Å². The van der Waals surface area contributed by atoms with Gasteiger partial charge >= 0.3 is 5.97 Å². The van der Waals surface area contributed by atoms with Crippen molar-refractivity contribution < 1.29 is 19.0 Å². The van der Waals surface area contributed by atoms with E-state index in [1.807, 2.05) is 39.8 Å². The molecule has 1 fully saturated rings. The van der Waals surface area contributed by atoms with Crippen molar-refractivity contribution in [3.05, 3.63) is 29.8 Å². The smallest absolute Gasteiger partial charge is 0.338 e. The molecule has 0 saturated carbocycles. The van der Waals surface area contributed by atoms with Gasteiger partial charge < -0.3 is 19.5 Å². The van der Waals surface area contributed by atoms with E-state index >= 15 is 0 Å². The van der Waals surface area contributed by atoms with Gasteiger partial charge in [-0.1, -0.05) is 0 Å². The van der Waals surface area contributed by atoms with E-state index in [0.717, 1.165) is 5.69 Å². The first kappa shape index (κ1) is 15.8. The van der Waals surface area contributed by atoms with Crippen molar-refractivity contribution in [3.8, 4) is 0 Å². The average Bonchev–Trinajstić information content (AvgIpc) is 2.41. The summed E-state index contributed by atoms with van der Waals surface area (Å²) in [6.45, 7) is 8.64. The van der Waals surface area contributed by atoms with Crippen LogP contribution in [0.4, 0.5) is 5.69 Å². The van der Waals surface area contributed by atoms with E-state index in [1.54, 1.807) is 12.1 Å². The molecule has 1 N–H and O–H groups in total. The first-order valence-corrected chi connectivity index (χ1v) is 7.21. The number of esters is 1. The van der Waals surface area contributed by atoms with E-state index in [2.05, 4.69) is 5.32 Å². The Morgan fingerprint density at radius 2 is 1.81 bits per heavy atom. The zero-order chi connectivity index (χ0) is 15.5. The van der Waals surface area contributed by atoms with Crippen molar-refractivity contribution in [1.82, 2.24) is 0 Å². The van der Waals surface area contributed by atoms with E-state index in [4.69, 9.17) is 14.2 Å². The third kappa shape index (κ3) is 4.72. The molecule has 5 heteroatoms. The summed E-state index contributed by atoms with van der Waals surface area (Å²) in [6.07, 6.45) is -0.116. The number of nitrogens with one attached hydrogen (secondary N) is 1. The van der Waals surface area contributed by atoms with Crippen LogP contribution in [0.3, 0.4) is 0 Å². The number of rotatable bonds is 4. The van der Waals surface area contributed by atoms with Crippen LogP contribution in [-0.2, 0) is 14.2 Å². The third-order valence-electron chi connectivity index (χ3n) is 3.10. The van der Waals surface area contributed by atoms with Crippen LogP contribution in [0.25, 0.3) is 0 Å². The molecule has 0 spiro atoms. The predicted molar refractivity (Wildman–Crippen MR) is 80.4 cm³/mol. The van der Waals surface area contributed by atoms with Crippen LogP contribution >= 0.6 is 0 Å². The quantitative estimate of drug-likeness (QED) is 0.865. The van der Waals surface area contributed by atoms with Gasteiger partial charge in [-0.2, -0.15) is 0 Å². The zero-order valence-corrected chi connectivity index (χ0v) is 13.0. The summed E-state index contributed by atoms with van der Waals surface area (Å²) in [5.74, 6) is -0.814. The Morgan fingerprint density at radius 1 is 1.24 bits per heavy atom. The van der Waals surface area contributed by atoms with Crippen LogP contribution in [0.1, 0.15) is 38.1 Å². The van der Waals surface area contributed by atoms with Gasteiger partial charge in [-0.3, -0.25) is 0 Å². The summed E-state index contributed by atoms with van der Waals surface area (Å²) < 4.78 is 16.3. The molecule has 1 saturated heterocycles. The number of anilines is 1. The Hall–Kier alpha value is -1.59. The normalized spacial score (nSPS) is 18.5. The molecule has 0 atom stereocenters. The fourth-order valence-corrected chi connectivity index (χ4v) is 2.00. The van der Waals surface area contributed by atoms with Gasteiger partial charge in [-0.25, -0.2) is 4.79 Å². The minimum absolute atomic E-state index is 0.103. The standard InChI is InChI=1S/C16H23NO4/c1-11(2)21-15(18)12-5-7-13(8-6-12)17-14-9-19-16(3,4)20-10-14/h5-8,11,14,17H,9-10H2,1-4H3. The first-order valence-electron chi connectivity index (χ1n) is 7.21. The van der Waals surface area contributed by atoms with E-state index < -0.39 is 5.79 Å². The second-order valence-corrected chi connectivity index (χ2v) is 5.89. The second-order valence-electron chi connectivity index (χ2n) is 5.89. The SMILES string of the molecule is CC(C)OC(=O)c1ccc(NC2COC(C)(C)OC2)cc1. The highest BCUT2D eigenvalue weighted by atomic mass is 16.7. The summed E-state index contributed by atoms with van der Waals surface area (Å²) in [5, 5.41) is 3.32. The highest BCUT2D eigenvalue weighted by Crippen LogP contribution is 2.20. The molecular weight excluding hydrogens is 270 g/mol. The van der Waals surface area contributed by atoms with Crippen LogP contribution < -0.4 is 5.32 Å². The molecule has 1 aliphatic rings. The van der Waals surface area contributed by atoms with Crippen molar-refractivity contribution in [2.45, 2.75) is 45.6 Å². The van der Waals surface area contributed by atoms with Crippen LogP contribution in [0.2, 0.25) is 0 Å². The largest absolute Gasteiger partial charge is 0.459 e. The van der Waals surface area contributed by atoms with Gasteiger partial charge in [0.05, 0.1) is 30.9 Å². The van der Waals surface area contributed by atoms with Crippen LogP contribution in [0.5, 0.6) is 0 Å². The molecule has 1 aromatic rings. The molecule has 21 heavy (non-hydrogen) atoms. The number of carbonyl (C=O) groups is 1. The number of benzene rings is 1. The Labute approximate surface area is 125 Å². The fraction of sp³-hybridized carbons (Fsp3) is 0.562. The summed E-state index contributed by atoms with van der Waals surface area (Å²) in [4.78, 5) is 11.7. The Morgan fingerprint density at radius 3 is 2.33 bits per heavy atom. The van der Waals surface area contributed by atoms with E-state index in [0.29, 0.717) is 18.8 Å². The second kappa shape index (κ2) is 6.45. The maximum Gasteiger partial charge on any atom is 0.338 e. The Balaban J connectivity index is 1.89. The Kier molecular flexibility index (Phi) is 4.85. The minimum atomic E-state index is -0.511. The summed E-state index contributed by atoms with van der Waals surface area (Å²) >= 11 is 0. The van der Waals surface area contributed by atoms with Gasteiger partial charge in [0.25, 0.3) is 0 Å². The van der Waals surface area contributed by atoms with Gasteiger partial charge in [0.1, 0.15) is 0 Å². The highest BCUT2D eigenvalue weighted by molar-refractivity contribution is 5.89. The third-order valence-corrected chi connectivity index (χ3v) is 3.10. The van der Waals surface area contributed by atoms with Gasteiger partial charge in [-0.15, -0.1) is 0 Å². The van der Waals surface area contributed by atoms with Crippen molar-refractivity contribution in [2.24, 2.45) is 0 Å². The minimum Gasteiger partial charge on any atom is -0.459 e. The molecule has 0 aromatic heterocycles. The molecular formula is C16H23NO4. The number of hydrogen-bond donors (Lipinski definition) is 1. The summed E-state index contributed by atoms with van der Waals surface area (Å²) in [6, 6.07) is 7.32. The van der Waals surface area contributed by atoms with Gasteiger partial charge in [-0.05, 0) is 52.0 Å². The number of ether oxygens (including phenoxy) is 3. The van der Waals surface area contributed by atoms with Crippen molar-refractivity contribution >= 4 is 11.7 Å². The molecule has 1 heterocycles. The summed E-state index contributed by atoms with van der Waals surface area (Å²) in [7, 11) is 0. The van der Waals surface area contributed by atoms with Crippen molar-refractivity contribution in [2.75, 3.05) is 18.5 Å². The van der Waals surface area contributed by atoms with Gasteiger partial charge in [0, 0.05) is 5.69 Å². The fourth-order valence-electron chi connectivity index (χ4n) is 2.00. The lowest BCUT2D eigenvalue weighted by molar-refractivity contribution is -0.247. The monoisotopic (exact) mass is 293 g/mol. The Bertz CT molecular complexity index is 472. The summed E-state index contributed by atoms with van der Waals surface area (Å²) in [5.41, 5.74) is 1.47. The molecule has 0 bridgehead atoms. The number of carbonyl (C=O) groups excluding carboxylic acids is 1. The zero-order valence-electron chi connectivity index (χ0n) is 13.0. The van der Waals surface area contributed by atoms with Crippen LogP contribution in [0, 0.1) is 0 Å². The molecule has 0 radical (unpaired) electrons. The first-order chi connectivity index (χ1) is 9.85. The molecule has 116 valence electrons. The molecule has 1 aliphatic heterocycles. The van der Waals surface area contributed by atoms with Crippen molar-refractivity contribution in [3.63, 3.8) is 0 Å². The average molecular weight is 293 g/mol. The lowest BCUT2D eigenvalue weighted by Gasteiger charge is -2.35. The van der Waals surface area contributed by atoms with Crippen LogP contribution in [0.15, 0.2) is 24.3 Å². The number of hydrogen-bond acceptors (Lipinski definition) is 5. The maximum atomic E-state index is 11.7.